The van der Waals surface area contributed by atoms with Gasteiger partial charge in [0.15, 0.2) is 5.79 Å². The summed E-state index contributed by atoms with van der Waals surface area (Å²) in [7, 11) is 0. The summed E-state index contributed by atoms with van der Waals surface area (Å²) < 4.78 is 14.3. The van der Waals surface area contributed by atoms with Gasteiger partial charge in [-0.1, -0.05) is 29.8 Å². The van der Waals surface area contributed by atoms with E-state index in [4.69, 9.17) is 9.47 Å². The number of aromatic nitrogens is 2. The third-order valence-corrected chi connectivity index (χ3v) is 4.18. The van der Waals surface area contributed by atoms with Gasteiger partial charge in [0, 0.05) is 30.9 Å². The zero-order valence-electron chi connectivity index (χ0n) is 13.2. The van der Waals surface area contributed by atoms with E-state index in [0.29, 0.717) is 0 Å². The van der Waals surface area contributed by atoms with Gasteiger partial charge in [0.05, 0.1) is 19.5 Å². The van der Waals surface area contributed by atoms with Crippen molar-refractivity contribution in [3.63, 3.8) is 0 Å². The van der Waals surface area contributed by atoms with E-state index >= 15 is 0 Å². The van der Waals surface area contributed by atoms with Gasteiger partial charge >= 0.3 is 0 Å². The molecule has 1 fully saturated rings. The van der Waals surface area contributed by atoms with Gasteiger partial charge in [-0.25, -0.2) is 4.98 Å². The minimum Gasteiger partial charge on any atom is -0.346 e. The molecule has 0 radical (unpaired) electrons. The second-order valence-electron chi connectivity index (χ2n) is 5.93. The molecule has 0 bridgehead atoms. The van der Waals surface area contributed by atoms with Crippen LogP contribution >= 0.6 is 0 Å². The van der Waals surface area contributed by atoms with Crippen molar-refractivity contribution in [3.8, 4) is 0 Å². The number of imidazole rings is 1. The molecule has 0 atom stereocenters. The van der Waals surface area contributed by atoms with E-state index in [1.54, 1.807) is 0 Å². The molecule has 0 unspecified atom stereocenters. The Hall–Kier alpha value is -1.65. The molecular weight excluding hydrogens is 276 g/mol. The van der Waals surface area contributed by atoms with Crippen LogP contribution < -0.4 is 0 Å². The molecule has 4 nitrogen and oxygen atoms in total. The molecule has 0 saturated carbocycles. The molecule has 0 N–H and O–H groups in total. The smallest absolute Gasteiger partial charge is 0.194 e. The average molecular weight is 300 g/mol. The zero-order valence-corrected chi connectivity index (χ0v) is 13.2. The molecule has 3 rings (SSSR count). The second-order valence-corrected chi connectivity index (χ2v) is 5.93. The Morgan fingerprint density at radius 1 is 1.14 bits per heavy atom. The van der Waals surface area contributed by atoms with Gasteiger partial charge in [0.2, 0.25) is 0 Å². The van der Waals surface area contributed by atoms with Crippen molar-refractivity contribution in [3.05, 3.63) is 54.1 Å². The second kappa shape index (κ2) is 7.07. The summed E-state index contributed by atoms with van der Waals surface area (Å²) in [4.78, 5) is 4.07. The molecular formula is C18H24N2O2. The number of aryl methyl sites for hydroxylation is 2. The van der Waals surface area contributed by atoms with Crippen LogP contribution in [0.2, 0.25) is 0 Å². The van der Waals surface area contributed by atoms with E-state index in [9.17, 15) is 0 Å². The first-order valence-electron chi connectivity index (χ1n) is 8.09. The largest absolute Gasteiger partial charge is 0.346 e. The zero-order chi connectivity index (χ0) is 15.3. The maximum Gasteiger partial charge on any atom is 0.194 e. The van der Waals surface area contributed by atoms with Crippen LogP contribution in [0.4, 0.5) is 0 Å². The summed E-state index contributed by atoms with van der Waals surface area (Å²) >= 11 is 0. The summed E-state index contributed by atoms with van der Waals surface area (Å²) in [5.74, 6) is -0.555. The van der Waals surface area contributed by atoms with E-state index in [0.717, 1.165) is 51.0 Å². The first-order valence-corrected chi connectivity index (χ1v) is 8.09. The SMILES string of the molecule is Cc1ccc(C2(CCCCn3ccnc3)OCCCO2)cc1. The summed E-state index contributed by atoms with van der Waals surface area (Å²) in [6.45, 7) is 4.64. The fourth-order valence-electron chi connectivity index (χ4n) is 2.91. The lowest BCUT2D eigenvalue weighted by molar-refractivity contribution is -0.280. The normalized spacial score (nSPS) is 17.5. The Balaban J connectivity index is 1.63. The van der Waals surface area contributed by atoms with Crippen molar-refractivity contribution in [1.29, 1.82) is 0 Å². The molecule has 0 spiro atoms. The van der Waals surface area contributed by atoms with Gasteiger partial charge in [-0.3, -0.25) is 0 Å². The van der Waals surface area contributed by atoms with Crippen molar-refractivity contribution in [1.82, 2.24) is 9.55 Å². The predicted octanol–water partition coefficient (Wildman–Crippen LogP) is 3.65. The van der Waals surface area contributed by atoms with Crippen LogP contribution in [0.25, 0.3) is 0 Å². The van der Waals surface area contributed by atoms with Gasteiger partial charge < -0.3 is 14.0 Å². The lowest BCUT2D eigenvalue weighted by Crippen LogP contribution is -2.38. The number of ether oxygens (including phenoxy) is 2. The molecule has 1 aromatic carbocycles. The lowest BCUT2D eigenvalue weighted by atomic mass is 9.97. The average Bonchev–Trinajstić information content (AvgIpc) is 3.06. The third-order valence-electron chi connectivity index (χ3n) is 4.18. The summed E-state index contributed by atoms with van der Waals surface area (Å²) in [5.41, 5.74) is 2.40. The number of hydrogen-bond donors (Lipinski definition) is 0. The Kier molecular flexibility index (Phi) is 4.90. The van der Waals surface area contributed by atoms with Crippen LogP contribution in [0, 0.1) is 6.92 Å². The molecule has 2 heterocycles. The van der Waals surface area contributed by atoms with Crippen molar-refractivity contribution >= 4 is 0 Å². The van der Waals surface area contributed by atoms with Gasteiger partial charge in [-0.05, 0) is 26.2 Å². The van der Waals surface area contributed by atoms with E-state index < -0.39 is 5.79 Å². The van der Waals surface area contributed by atoms with Crippen molar-refractivity contribution in [2.45, 2.75) is 44.9 Å². The number of hydrogen-bond acceptors (Lipinski definition) is 3. The quantitative estimate of drug-likeness (QED) is 0.764. The topological polar surface area (TPSA) is 36.3 Å². The number of unbranched alkanes of at least 4 members (excludes halogenated alkanes) is 1. The molecule has 118 valence electrons. The molecule has 0 aliphatic carbocycles. The highest BCUT2D eigenvalue weighted by Crippen LogP contribution is 2.35. The van der Waals surface area contributed by atoms with E-state index in [-0.39, 0.29) is 0 Å². The van der Waals surface area contributed by atoms with Crippen molar-refractivity contribution in [2.24, 2.45) is 0 Å². The van der Waals surface area contributed by atoms with Crippen molar-refractivity contribution < 1.29 is 9.47 Å². The molecule has 1 saturated heterocycles. The van der Waals surface area contributed by atoms with Crippen LogP contribution in [-0.4, -0.2) is 22.8 Å². The van der Waals surface area contributed by atoms with Gasteiger partial charge in [0.25, 0.3) is 0 Å². The van der Waals surface area contributed by atoms with Crippen LogP contribution in [0.1, 0.15) is 36.8 Å². The van der Waals surface area contributed by atoms with Crippen LogP contribution in [0.15, 0.2) is 43.0 Å². The molecule has 2 aromatic rings. The highest BCUT2D eigenvalue weighted by molar-refractivity contribution is 5.25. The van der Waals surface area contributed by atoms with Gasteiger partial charge in [-0.2, -0.15) is 0 Å². The van der Waals surface area contributed by atoms with Gasteiger partial charge in [-0.15, -0.1) is 0 Å². The fraction of sp³-hybridized carbons (Fsp3) is 0.500. The molecule has 1 aliphatic heterocycles. The maximum atomic E-state index is 6.09. The lowest BCUT2D eigenvalue weighted by Gasteiger charge is -2.38. The van der Waals surface area contributed by atoms with Crippen LogP contribution in [-0.2, 0) is 21.8 Å². The van der Waals surface area contributed by atoms with E-state index in [1.807, 2.05) is 18.7 Å². The standard InChI is InChI=1S/C18H24N2O2/c1-16-5-7-17(8-6-16)18(21-13-4-14-22-18)9-2-3-11-20-12-10-19-15-20/h5-8,10,12,15H,2-4,9,11,13-14H2,1H3. The minimum absolute atomic E-state index is 0.555. The molecule has 0 amide bonds. The fourth-order valence-corrected chi connectivity index (χ4v) is 2.91. The number of nitrogens with zero attached hydrogens (tertiary/aromatic N) is 2. The van der Waals surface area contributed by atoms with Crippen molar-refractivity contribution in [2.75, 3.05) is 13.2 Å². The van der Waals surface area contributed by atoms with Crippen LogP contribution in [0.3, 0.4) is 0 Å². The van der Waals surface area contributed by atoms with E-state index in [2.05, 4.69) is 40.7 Å². The van der Waals surface area contributed by atoms with E-state index in [1.165, 1.54) is 5.56 Å². The predicted molar refractivity (Wildman–Crippen MR) is 85.5 cm³/mol. The summed E-state index contributed by atoms with van der Waals surface area (Å²) in [5, 5.41) is 0. The maximum absolute atomic E-state index is 6.09. The highest BCUT2D eigenvalue weighted by atomic mass is 16.7. The molecule has 22 heavy (non-hydrogen) atoms. The summed E-state index contributed by atoms with van der Waals surface area (Å²) in [6.07, 6.45) is 9.71. The first kappa shape index (κ1) is 15.3. The summed E-state index contributed by atoms with van der Waals surface area (Å²) in [6, 6.07) is 8.53. The van der Waals surface area contributed by atoms with Gasteiger partial charge in [0.1, 0.15) is 0 Å². The molecule has 4 heteroatoms. The molecule has 1 aromatic heterocycles. The first-order chi connectivity index (χ1) is 10.8. The Morgan fingerprint density at radius 3 is 2.59 bits per heavy atom. The Bertz CT molecular complexity index is 557. The minimum atomic E-state index is -0.555. The van der Waals surface area contributed by atoms with Crippen LogP contribution in [0.5, 0.6) is 0 Å². The number of rotatable bonds is 6. The Labute approximate surface area is 132 Å². The number of benzene rings is 1. The third kappa shape index (κ3) is 3.57. The molecule has 1 aliphatic rings. The monoisotopic (exact) mass is 300 g/mol. The Morgan fingerprint density at radius 2 is 1.91 bits per heavy atom. The highest BCUT2D eigenvalue weighted by Gasteiger charge is 2.36.